The molecule has 14 heteroatoms. The summed E-state index contributed by atoms with van der Waals surface area (Å²) in [7, 11) is 1.13. The van der Waals surface area contributed by atoms with Crippen molar-refractivity contribution in [1.82, 2.24) is 29.3 Å². The number of carboxylic acids is 1. The number of aromatic amines is 2. The Kier molecular flexibility index (Phi) is 6.30. The van der Waals surface area contributed by atoms with E-state index in [2.05, 4.69) is 34.2 Å². The fourth-order valence-corrected chi connectivity index (χ4v) is 3.85. The van der Waals surface area contributed by atoms with Crippen molar-refractivity contribution in [2.24, 2.45) is 0 Å². The molecule has 0 aliphatic heterocycles. The Hall–Kier alpha value is -4.23. The van der Waals surface area contributed by atoms with Crippen LogP contribution in [0.2, 0.25) is 0 Å². The van der Waals surface area contributed by atoms with E-state index in [-0.39, 0.29) is 23.1 Å². The van der Waals surface area contributed by atoms with Gasteiger partial charge in [-0.1, -0.05) is 17.3 Å². The number of aryl methyl sites for hydroxylation is 1. The summed E-state index contributed by atoms with van der Waals surface area (Å²) in [4.78, 5) is 55.8. The van der Waals surface area contributed by atoms with Crippen LogP contribution < -0.4 is 16.3 Å². The van der Waals surface area contributed by atoms with Gasteiger partial charge in [-0.15, -0.1) is 0 Å². The van der Waals surface area contributed by atoms with Gasteiger partial charge in [-0.3, -0.25) is 9.51 Å². The van der Waals surface area contributed by atoms with Crippen molar-refractivity contribution in [3.8, 4) is 11.4 Å². The summed E-state index contributed by atoms with van der Waals surface area (Å²) in [5.74, 6) is -2.20. The van der Waals surface area contributed by atoms with Gasteiger partial charge >= 0.3 is 23.4 Å². The minimum atomic E-state index is -1.30. The Balaban J connectivity index is 0.000000161. The predicted molar refractivity (Wildman–Crippen MR) is 117 cm³/mol. The van der Waals surface area contributed by atoms with Crippen molar-refractivity contribution in [3.05, 3.63) is 74.0 Å². The zero-order valence-corrected chi connectivity index (χ0v) is 18.3. The summed E-state index contributed by atoms with van der Waals surface area (Å²) >= 11 is 5.67. The van der Waals surface area contributed by atoms with E-state index in [4.69, 9.17) is 16.9 Å². The highest BCUT2D eigenvalue weighted by molar-refractivity contribution is 6.13. The number of methoxy groups -OCH3 is 1. The first-order chi connectivity index (χ1) is 16.3. The highest BCUT2D eigenvalue weighted by Crippen LogP contribution is 2.33. The minimum absolute atomic E-state index is 0.0373. The number of imidazole rings is 1. The van der Waals surface area contributed by atoms with Gasteiger partial charge in [-0.2, -0.15) is 0 Å². The maximum Gasteiger partial charge on any atom is 0.439 e. The molecule has 0 amide bonds. The van der Waals surface area contributed by atoms with Crippen molar-refractivity contribution in [1.29, 1.82) is 0 Å². The average Bonchev–Trinajstić information content (AvgIpc) is 3.56. The number of aromatic nitrogens is 5. The number of fused-ring (bicyclic) bond motifs is 2. The molecule has 1 aliphatic carbocycles. The molecule has 0 spiro atoms. The molecule has 1 atom stereocenters. The van der Waals surface area contributed by atoms with Gasteiger partial charge in [0.05, 0.1) is 7.11 Å². The molecule has 34 heavy (non-hydrogen) atoms. The first-order valence-corrected chi connectivity index (χ1v) is 10.2. The Labute approximate surface area is 194 Å². The molecule has 3 heterocycles. The first kappa shape index (κ1) is 22.9. The minimum Gasteiger partial charge on any atom is -0.477 e. The molecule has 1 aliphatic rings. The van der Waals surface area contributed by atoms with Crippen LogP contribution in [0.1, 0.15) is 44.6 Å². The van der Waals surface area contributed by atoms with Gasteiger partial charge in [-0.05, 0) is 41.8 Å². The molecule has 5 rings (SSSR count). The number of benzene rings is 1. The van der Waals surface area contributed by atoms with Crippen LogP contribution in [-0.2, 0) is 11.2 Å². The Morgan fingerprint density at radius 2 is 2.12 bits per heavy atom. The lowest BCUT2D eigenvalue weighted by Gasteiger charge is -2.08. The van der Waals surface area contributed by atoms with Crippen molar-refractivity contribution in [3.63, 3.8) is 0 Å². The number of carboxylic acid groups (broad SMARTS) is 1. The van der Waals surface area contributed by atoms with E-state index in [0.29, 0.717) is 5.82 Å². The Morgan fingerprint density at radius 1 is 1.32 bits per heavy atom. The van der Waals surface area contributed by atoms with E-state index in [0.717, 1.165) is 36.0 Å². The van der Waals surface area contributed by atoms with Gasteiger partial charge < -0.3 is 14.8 Å². The van der Waals surface area contributed by atoms with Gasteiger partial charge in [0.25, 0.3) is 0 Å². The molecule has 13 nitrogen and oxygen atoms in total. The summed E-state index contributed by atoms with van der Waals surface area (Å²) in [5, 5.41) is 12.5. The SMILES string of the molecule is COC(=O)c1cc(C(=O)O)nc2c[nH]c(=O)n12.O=c1[nH]c(-c2ccc3c(c2)CC[C@@H]3NCl)no1. The molecule has 0 saturated carbocycles. The lowest BCUT2D eigenvalue weighted by molar-refractivity contribution is 0.0591. The van der Waals surface area contributed by atoms with Crippen LogP contribution in [0.4, 0.5) is 0 Å². The van der Waals surface area contributed by atoms with Gasteiger partial charge in [0.15, 0.2) is 17.2 Å². The van der Waals surface area contributed by atoms with Gasteiger partial charge in [-0.25, -0.2) is 33.4 Å². The summed E-state index contributed by atoms with van der Waals surface area (Å²) in [5.41, 5.74) is 2.19. The van der Waals surface area contributed by atoms with Crippen molar-refractivity contribution in [2.45, 2.75) is 18.9 Å². The molecule has 176 valence electrons. The first-order valence-electron chi connectivity index (χ1n) is 9.80. The van der Waals surface area contributed by atoms with E-state index >= 15 is 0 Å². The molecule has 0 fully saturated rings. The Bertz CT molecular complexity index is 1500. The predicted octanol–water partition coefficient (Wildman–Crippen LogP) is 1.27. The zero-order chi connectivity index (χ0) is 24.4. The molecule has 4 N–H and O–H groups in total. The van der Waals surface area contributed by atoms with Crippen LogP contribution in [-0.4, -0.2) is 48.7 Å². The largest absolute Gasteiger partial charge is 0.477 e. The fraction of sp³-hybridized carbons (Fsp3) is 0.200. The second-order valence-corrected chi connectivity index (χ2v) is 7.39. The number of hydrogen-bond donors (Lipinski definition) is 4. The highest BCUT2D eigenvalue weighted by Gasteiger charge is 2.22. The van der Waals surface area contributed by atoms with Crippen LogP contribution in [0.15, 0.2) is 44.6 Å². The summed E-state index contributed by atoms with van der Waals surface area (Å²) < 4.78 is 9.90. The van der Waals surface area contributed by atoms with E-state index in [9.17, 15) is 19.2 Å². The maximum atomic E-state index is 11.4. The number of H-pyrrole nitrogens is 2. The third kappa shape index (κ3) is 4.33. The number of nitrogens with one attached hydrogen (secondary N) is 3. The second-order valence-electron chi connectivity index (χ2n) is 7.17. The number of rotatable bonds is 4. The normalized spacial score (nSPS) is 14.4. The lowest BCUT2D eigenvalue weighted by atomic mass is 10.0. The topological polar surface area (TPSA) is 185 Å². The van der Waals surface area contributed by atoms with Gasteiger partial charge in [0, 0.05) is 23.9 Å². The molecular formula is C20H17ClN6O7. The van der Waals surface area contributed by atoms with Crippen LogP contribution in [0.25, 0.3) is 17.0 Å². The number of hydrogen-bond acceptors (Lipinski definition) is 9. The molecular weight excluding hydrogens is 472 g/mol. The third-order valence-corrected chi connectivity index (χ3v) is 5.45. The third-order valence-electron chi connectivity index (χ3n) is 5.19. The number of esters is 1. The highest BCUT2D eigenvalue weighted by atomic mass is 35.5. The summed E-state index contributed by atoms with van der Waals surface area (Å²) in [6.07, 6.45) is 3.16. The van der Waals surface area contributed by atoms with Crippen molar-refractivity contribution >= 4 is 29.4 Å². The lowest BCUT2D eigenvalue weighted by Crippen LogP contribution is -2.20. The average molecular weight is 489 g/mol. The molecule has 4 aromatic rings. The van der Waals surface area contributed by atoms with E-state index < -0.39 is 23.4 Å². The van der Waals surface area contributed by atoms with E-state index in [1.807, 2.05) is 18.2 Å². The summed E-state index contributed by atoms with van der Waals surface area (Å²) in [6.45, 7) is 0. The molecule has 0 radical (unpaired) electrons. The second kappa shape index (κ2) is 9.33. The van der Waals surface area contributed by atoms with E-state index in [1.54, 1.807) is 0 Å². The molecule has 0 unspecified atom stereocenters. The number of nitrogens with zero attached hydrogens (tertiary/aromatic N) is 3. The van der Waals surface area contributed by atoms with Crippen LogP contribution in [0.5, 0.6) is 0 Å². The van der Waals surface area contributed by atoms with E-state index in [1.165, 1.54) is 17.3 Å². The Morgan fingerprint density at radius 3 is 2.76 bits per heavy atom. The number of carbonyl (C=O) groups excluding carboxylic acids is 1. The van der Waals surface area contributed by atoms with Crippen molar-refractivity contribution in [2.75, 3.05) is 7.11 Å². The summed E-state index contributed by atoms with van der Waals surface area (Å²) in [6, 6.07) is 7.11. The molecule has 1 aromatic carbocycles. The number of ether oxygens (including phenoxy) is 1. The van der Waals surface area contributed by atoms with Crippen molar-refractivity contribution < 1.29 is 24.0 Å². The zero-order valence-electron chi connectivity index (χ0n) is 17.5. The fourth-order valence-electron chi connectivity index (χ4n) is 3.62. The molecule has 0 bridgehead atoms. The molecule has 3 aromatic heterocycles. The van der Waals surface area contributed by atoms with Gasteiger partial charge in [0.1, 0.15) is 5.69 Å². The standard InChI is InChI=1S/C11H10ClN3O2.C9H7N3O5/c12-14-9-4-2-6-5-7(1-3-8(6)9)10-13-11(16)17-15-10;1-17-8(15)5-2-4(7(13)14)11-6-3-10-9(16)12(5)6/h1,3,5,9,14H,2,4H2,(H,13,15,16);2-3H,1H3,(H,10,16)(H,13,14)/t9-;/m0./s1. The quantitative estimate of drug-likeness (QED) is 0.241. The molecule has 0 saturated heterocycles. The van der Waals surface area contributed by atoms with Crippen LogP contribution in [0, 0.1) is 0 Å². The number of carbonyl (C=O) groups is 2. The van der Waals surface area contributed by atoms with Gasteiger partial charge in [0.2, 0.25) is 0 Å². The van der Waals surface area contributed by atoms with Crippen LogP contribution in [0.3, 0.4) is 0 Å². The smallest absolute Gasteiger partial charge is 0.439 e. The number of halogens is 1. The van der Waals surface area contributed by atoms with Crippen LogP contribution >= 0.6 is 11.8 Å². The monoisotopic (exact) mass is 488 g/mol. The number of aromatic carboxylic acids is 1. The maximum absolute atomic E-state index is 11.4.